The van der Waals surface area contributed by atoms with Crippen LogP contribution in [0.25, 0.3) is 11.9 Å². The summed E-state index contributed by atoms with van der Waals surface area (Å²) < 4.78 is 12.6. The molecule has 4 heterocycles. The molecule has 5 rings (SSSR count). The maximum atomic E-state index is 12.6. The van der Waals surface area contributed by atoms with E-state index in [4.69, 9.17) is 9.47 Å². The maximum Gasteiger partial charge on any atom is 0.246 e. The number of nitrogens with zero attached hydrogens (tertiary/aromatic N) is 5. The topological polar surface area (TPSA) is 72.7 Å². The van der Waals surface area contributed by atoms with Crippen LogP contribution < -0.4 is 14.4 Å². The van der Waals surface area contributed by atoms with Gasteiger partial charge in [0.05, 0.1) is 0 Å². The van der Waals surface area contributed by atoms with Crippen molar-refractivity contribution in [2.24, 2.45) is 0 Å². The third kappa shape index (κ3) is 3.71. The van der Waals surface area contributed by atoms with Crippen LogP contribution in [0.2, 0.25) is 0 Å². The molecular formula is C22H21N5O3. The van der Waals surface area contributed by atoms with Gasteiger partial charge in [0.2, 0.25) is 12.7 Å². The van der Waals surface area contributed by atoms with Gasteiger partial charge in [0.1, 0.15) is 18.0 Å². The minimum absolute atomic E-state index is 0.00281. The number of aromatic nitrogens is 3. The van der Waals surface area contributed by atoms with Gasteiger partial charge in [0.25, 0.3) is 0 Å². The van der Waals surface area contributed by atoms with Crippen LogP contribution in [-0.4, -0.2) is 58.3 Å². The first-order valence-corrected chi connectivity index (χ1v) is 9.83. The minimum atomic E-state index is 0.00281. The fourth-order valence-electron chi connectivity index (χ4n) is 3.58. The molecule has 30 heavy (non-hydrogen) atoms. The Bertz CT molecular complexity index is 1070. The van der Waals surface area contributed by atoms with Crippen LogP contribution in [0.5, 0.6) is 11.5 Å². The number of benzene rings is 1. The van der Waals surface area contributed by atoms with Crippen molar-refractivity contribution in [2.75, 3.05) is 37.9 Å². The Kier molecular flexibility index (Phi) is 4.80. The van der Waals surface area contributed by atoms with Crippen molar-refractivity contribution in [1.82, 2.24) is 19.4 Å². The molecule has 0 aliphatic carbocycles. The zero-order valence-electron chi connectivity index (χ0n) is 16.3. The van der Waals surface area contributed by atoms with E-state index in [2.05, 4.69) is 14.9 Å². The average molecular weight is 403 g/mol. The second kappa shape index (κ2) is 7.90. The van der Waals surface area contributed by atoms with Gasteiger partial charge < -0.3 is 23.8 Å². The molecule has 3 aromatic rings. The summed E-state index contributed by atoms with van der Waals surface area (Å²) >= 11 is 0. The third-order valence-electron chi connectivity index (χ3n) is 5.24. The minimum Gasteiger partial charge on any atom is -0.454 e. The molecule has 8 heteroatoms. The lowest BCUT2D eigenvalue weighted by atomic mass is 10.2. The Morgan fingerprint density at radius 1 is 0.933 bits per heavy atom. The quantitative estimate of drug-likeness (QED) is 0.623. The molecule has 1 fully saturated rings. The summed E-state index contributed by atoms with van der Waals surface area (Å²) in [5.41, 5.74) is 0.907. The van der Waals surface area contributed by atoms with Gasteiger partial charge in [-0.1, -0.05) is 6.07 Å². The number of fused-ring (bicyclic) bond motifs is 1. The average Bonchev–Trinajstić information content (AvgIpc) is 3.49. The maximum absolute atomic E-state index is 12.6. The molecule has 0 bridgehead atoms. The van der Waals surface area contributed by atoms with Gasteiger partial charge in [-0.15, -0.1) is 0 Å². The van der Waals surface area contributed by atoms with Crippen molar-refractivity contribution < 1.29 is 14.3 Å². The SMILES string of the molecule is O=C(/C=C/c1ccc2c(c1)OCO2)N1CCN(c2cc(-n3cccc3)ncn2)CC1. The van der Waals surface area contributed by atoms with Crippen molar-refractivity contribution in [2.45, 2.75) is 0 Å². The zero-order chi connectivity index (χ0) is 20.3. The van der Waals surface area contributed by atoms with Crippen LogP contribution in [0.1, 0.15) is 5.56 Å². The van der Waals surface area contributed by atoms with E-state index in [1.54, 1.807) is 12.4 Å². The van der Waals surface area contributed by atoms with E-state index in [1.807, 2.05) is 64.3 Å². The molecule has 0 N–H and O–H groups in total. The van der Waals surface area contributed by atoms with E-state index in [1.165, 1.54) is 0 Å². The van der Waals surface area contributed by atoms with E-state index in [9.17, 15) is 4.79 Å². The van der Waals surface area contributed by atoms with Gasteiger partial charge in [-0.05, 0) is 35.9 Å². The molecule has 2 aliphatic rings. The van der Waals surface area contributed by atoms with Gasteiger partial charge in [-0.25, -0.2) is 9.97 Å². The lowest BCUT2D eigenvalue weighted by Crippen LogP contribution is -2.48. The van der Waals surface area contributed by atoms with Crippen molar-refractivity contribution in [3.05, 3.63) is 66.8 Å². The number of rotatable bonds is 4. The predicted molar refractivity (Wildman–Crippen MR) is 112 cm³/mol. The van der Waals surface area contributed by atoms with Gasteiger partial charge in [0.15, 0.2) is 11.5 Å². The van der Waals surface area contributed by atoms with Crippen LogP contribution in [-0.2, 0) is 4.79 Å². The van der Waals surface area contributed by atoms with Crippen molar-refractivity contribution >= 4 is 17.8 Å². The number of hydrogen-bond acceptors (Lipinski definition) is 6. The first kappa shape index (κ1) is 18.2. The normalized spacial score (nSPS) is 15.7. The van der Waals surface area contributed by atoms with E-state index in [0.717, 1.165) is 36.0 Å². The van der Waals surface area contributed by atoms with Gasteiger partial charge >= 0.3 is 0 Å². The Morgan fingerprint density at radius 2 is 1.70 bits per heavy atom. The number of hydrogen-bond donors (Lipinski definition) is 0. The molecule has 0 spiro atoms. The lowest BCUT2D eigenvalue weighted by molar-refractivity contribution is -0.126. The number of carbonyl (C=O) groups excluding carboxylic acids is 1. The smallest absolute Gasteiger partial charge is 0.246 e. The highest BCUT2D eigenvalue weighted by atomic mass is 16.7. The first-order chi connectivity index (χ1) is 14.8. The molecule has 2 aromatic heterocycles. The number of anilines is 1. The number of piperazine rings is 1. The van der Waals surface area contributed by atoms with Crippen LogP contribution in [0.15, 0.2) is 61.2 Å². The van der Waals surface area contributed by atoms with Gasteiger partial charge in [-0.3, -0.25) is 4.79 Å². The molecule has 1 saturated heterocycles. The molecule has 1 aromatic carbocycles. The summed E-state index contributed by atoms with van der Waals surface area (Å²) in [6.45, 7) is 2.99. The largest absolute Gasteiger partial charge is 0.454 e. The van der Waals surface area contributed by atoms with Crippen LogP contribution in [0.3, 0.4) is 0 Å². The first-order valence-electron chi connectivity index (χ1n) is 9.83. The Balaban J connectivity index is 1.20. The summed E-state index contributed by atoms with van der Waals surface area (Å²) in [4.78, 5) is 25.4. The van der Waals surface area contributed by atoms with Gasteiger partial charge in [-0.2, -0.15) is 0 Å². The molecule has 0 unspecified atom stereocenters. The Morgan fingerprint density at radius 3 is 2.53 bits per heavy atom. The number of amides is 1. The highest BCUT2D eigenvalue weighted by Gasteiger charge is 2.21. The van der Waals surface area contributed by atoms with Crippen LogP contribution >= 0.6 is 0 Å². The Labute approximate surface area is 174 Å². The predicted octanol–water partition coefficient (Wildman–Crippen LogP) is 2.36. The lowest BCUT2D eigenvalue weighted by Gasteiger charge is -2.35. The molecule has 0 atom stereocenters. The monoisotopic (exact) mass is 403 g/mol. The standard InChI is InChI=1S/C22H21N5O3/c28-22(6-4-17-3-5-18-19(13-17)30-16-29-18)27-11-9-26(10-12-27)21-14-20(23-15-24-21)25-7-1-2-8-25/h1-8,13-15H,9-12,16H2/b6-4+. The fourth-order valence-corrected chi connectivity index (χ4v) is 3.58. The third-order valence-corrected chi connectivity index (χ3v) is 5.24. The highest BCUT2D eigenvalue weighted by molar-refractivity contribution is 5.92. The molecule has 1 amide bonds. The number of carbonyl (C=O) groups is 1. The molecule has 2 aliphatic heterocycles. The summed E-state index contributed by atoms with van der Waals surface area (Å²) in [7, 11) is 0. The highest BCUT2D eigenvalue weighted by Crippen LogP contribution is 2.32. The summed E-state index contributed by atoms with van der Waals surface area (Å²) in [6, 6.07) is 11.5. The number of ether oxygens (including phenoxy) is 2. The van der Waals surface area contributed by atoms with E-state index in [0.29, 0.717) is 18.8 Å². The van der Waals surface area contributed by atoms with Gasteiger partial charge in [0, 0.05) is 50.7 Å². The van der Waals surface area contributed by atoms with Crippen LogP contribution in [0, 0.1) is 0 Å². The van der Waals surface area contributed by atoms with E-state index in [-0.39, 0.29) is 12.7 Å². The molecule has 8 nitrogen and oxygen atoms in total. The zero-order valence-corrected chi connectivity index (χ0v) is 16.3. The van der Waals surface area contributed by atoms with Crippen molar-refractivity contribution in [3.63, 3.8) is 0 Å². The fraction of sp³-hybridized carbons (Fsp3) is 0.227. The second-order valence-corrected chi connectivity index (χ2v) is 7.08. The summed E-state index contributed by atoms with van der Waals surface area (Å²) in [5.74, 6) is 3.15. The second-order valence-electron chi connectivity index (χ2n) is 7.08. The van der Waals surface area contributed by atoms with E-state index < -0.39 is 0 Å². The molecule has 152 valence electrons. The molecule has 0 saturated carbocycles. The summed E-state index contributed by atoms with van der Waals surface area (Å²) in [5, 5.41) is 0. The molecular weight excluding hydrogens is 382 g/mol. The van der Waals surface area contributed by atoms with Crippen molar-refractivity contribution in [3.8, 4) is 17.3 Å². The summed E-state index contributed by atoms with van der Waals surface area (Å²) in [6.07, 6.45) is 8.91. The van der Waals surface area contributed by atoms with Crippen molar-refractivity contribution in [1.29, 1.82) is 0 Å². The van der Waals surface area contributed by atoms with E-state index >= 15 is 0 Å². The Hall–Kier alpha value is -3.81. The van der Waals surface area contributed by atoms with Crippen LogP contribution in [0.4, 0.5) is 5.82 Å². The molecule has 0 radical (unpaired) electrons.